The molecule has 0 aromatic rings. The first-order chi connectivity index (χ1) is 4.49. The zero-order chi connectivity index (χ0) is 8.20. The third kappa shape index (κ3) is 5.73. The van der Waals surface area contributed by atoms with Crippen molar-refractivity contribution in [3.8, 4) is 0 Å². The molecule has 0 aliphatic heterocycles. The van der Waals surface area contributed by atoms with Crippen molar-refractivity contribution < 1.29 is 23.3 Å². The van der Waals surface area contributed by atoms with E-state index in [0.29, 0.717) is 5.41 Å². The molecule has 0 amide bonds. The van der Waals surface area contributed by atoms with Crippen LogP contribution in [-0.2, 0) is 23.3 Å². The first kappa shape index (κ1) is 11.0. The van der Waals surface area contributed by atoms with E-state index in [4.69, 9.17) is 8.25 Å². The maximum atomic E-state index is 5.93. The van der Waals surface area contributed by atoms with E-state index in [9.17, 15) is 0 Å². The Morgan fingerprint density at radius 1 is 1.50 bits per heavy atom. The Morgan fingerprint density at radius 2 is 2.00 bits per heavy atom. The molecule has 0 saturated carbocycles. The molecule has 0 atom stereocenters. The van der Waals surface area contributed by atoms with Crippen molar-refractivity contribution in [1.29, 1.82) is 0 Å². The Bertz CT molecular complexity index is 116. The molecule has 10 heavy (non-hydrogen) atoms. The van der Waals surface area contributed by atoms with E-state index in [2.05, 4.69) is 33.8 Å². The average molecular weight is 347 g/mol. The molecule has 0 N–H and O–H groups in total. The van der Waals surface area contributed by atoms with Gasteiger partial charge in [0.15, 0.2) is 0 Å². The molecule has 56 valence electrons. The second kappa shape index (κ2) is 4.76. The van der Waals surface area contributed by atoms with Gasteiger partial charge in [-0.1, -0.05) is 0 Å². The van der Waals surface area contributed by atoms with Gasteiger partial charge in [0.1, 0.15) is 0 Å². The van der Waals surface area contributed by atoms with Gasteiger partial charge in [0.05, 0.1) is 0 Å². The molecule has 0 rings (SSSR count). The summed E-state index contributed by atoms with van der Waals surface area (Å²) >= 11 is -1.07. The third-order valence-corrected chi connectivity index (χ3v) is 8.35. The molecule has 0 aliphatic carbocycles. The zero-order valence-electron chi connectivity index (χ0n) is 7.37. The fourth-order valence-electron chi connectivity index (χ4n) is 0.848. The Hall–Kier alpha value is 0.965. The first-order valence-corrected chi connectivity index (χ1v) is 13.3. The predicted molar refractivity (Wildman–Crippen MR) is 43.7 cm³/mol. The quantitative estimate of drug-likeness (QED) is 0.670. The average Bonchev–Trinajstić information content (AvgIpc) is 1.81. The van der Waals surface area contributed by atoms with Crippen molar-refractivity contribution >= 4 is 8.25 Å². The summed E-state index contributed by atoms with van der Waals surface area (Å²) in [7, 11) is 5.93. The Kier molecular flexibility index (Phi) is 5.22. The molecule has 0 radical (unpaired) electrons. The SMILES string of the molecule is CC/[C](=C\C(C)(C)C)[Hg][Cl]. The summed E-state index contributed by atoms with van der Waals surface area (Å²) in [6.45, 7) is 8.87. The van der Waals surface area contributed by atoms with E-state index in [1.165, 1.54) is 6.42 Å². The van der Waals surface area contributed by atoms with Crippen molar-refractivity contribution in [2.24, 2.45) is 5.41 Å². The van der Waals surface area contributed by atoms with Crippen LogP contribution in [-0.4, -0.2) is 0 Å². The van der Waals surface area contributed by atoms with E-state index < -0.39 is 23.3 Å². The summed E-state index contributed by atoms with van der Waals surface area (Å²) in [4.78, 5) is 0. The fraction of sp³-hybridized carbons (Fsp3) is 0.750. The van der Waals surface area contributed by atoms with Crippen LogP contribution in [0, 0.1) is 5.41 Å². The topological polar surface area (TPSA) is 0 Å². The van der Waals surface area contributed by atoms with E-state index in [0.717, 1.165) is 0 Å². The summed E-state index contributed by atoms with van der Waals surface area (Å²) in [5.74, 6) is 0. The van der Waals surface area contributed by atoms with Crippen LogP contribution in [0.15, 0.2) is 9.16 Å². The molecule has 0 nitrogen and oxygen atoms in total. The standard InChI is InChI=1S/C8H15.ClH.Hg/c1-5-6-7-8(2,3)4;;/h7H,5H2,1-4H3;1H;/q;;+1/p-1. The molecule has 0 heterocycles. The van der Waals surface area contributed by atoms with Crippen LogP contribution in [0.4, 0.5) is 0 Å². The maximum absolute atomic E-state index is 5.93. The Labute approximate surface area is 79.9 Å². The van der Waals surface area contributed by atoms with Crippen LogP contribution in [0.2, 0.25) is 0 Å². The molecule has 0 aromatic carbocycles. The molecular weight excluding hydrogens is 332 g/mol. The van der Waals surface area contributed by atoms with E-state index >= 15 is 0 Å². The van der Waals surface area contributed by atoms with Crippen LogP contribution in [0.3, 0.4) is 0 Å². The number of halogens is 1. The second-order valence-corrected chi connectivity index (χ2v) is 10.6. The van der Waals surface area contributed by atoms with Crippen LogP contribution in [0.5, 0.6) is 0 Å². The summed E-state index contributed by atoms with van der Waals surface area (Å²) in [5.41, 5.74) is 0.334. The molecule has 0 bridgehead atoms. The molecule has 0 spiro atoms. The summed E-state index contributed by atoms with van der Waals surface area (Å²) in [5, 5.41) is 0. The van der Waals surface area contributed by atoms with Gasteiger partial charge < -0.3 is 0 Å². The fourth-order valence-corrected chi connectivity index (χ4v) is 6.60. The first-order valence-electron chi connectivity index (χ1n) is 3.76. The molecule has 2 heteroatoms. The summed E-state index contributed by atoms with van der Waals surface area (Å²) < 4.78 is 1.56. The Balaban J connectivity index is 4.11. The summed E-state index contributed by atoms with van der Waals surface area (Å²) in [6, 6.07) is 0. The number of rotatable bonds is 2. The molecule has 0 saturated heterocycles. The van der Waals surface area contributed by atoms with Gasteiger partial charge in [-0.2, -0.15) is 0 Å². The van der Waals surface area contributed by atoms with Gasteiger partial charge in [-0.25, -0.2) is 0 Å². The van der Waals surface area contributed by atoms with Gasteiger partial charge in [-0.05, 0) is 0 Å². The van der Waals surface area contributed by atoms with E-state index in [1.807, 2.05) is 0 Å². The van der Waals surface area contributed by atoms with Crippen LogP contribution in [0.25, 0.3) is 0 Å². The molecule has 0 aliphatic rings. The number of hydrogen-bond donors (Lipinski definition) is 0. The molecular formula is C8H15ClHg. The minimum atomic E-state index is -1.07. The van der Waals surface area contributed by atoms with Gasteiger partial charge >= 0.3 is 80.3 Å². The van der Waals surface area contributed by atoms with Crippen molar-refractivity contribution in [2.75, 3.05) is 0 Å². The third-order valence-electron chi connectivity index (χ3n) is 1.26. The molecule has 0 unspecified atom stereocenters. The summed E-state index contributed by atoms with van der Waals surface area (Å²) in [6.07, 6.45) is 3.52. The van der Waals surface area contributed by atoms with E-state index in [1.54, 1.807) is 3.08 Å². The van der Waals surface area contributed by atoms with Gasteiger partial charge in [-0.15, -0.1) is 0 Å². The van der Waals surface area contributed by atoms with Crippen molar-refractivity contribution in [3.05, 3.63) is 9.16 Å². The monoisotopic (exact) mass is 348 g/mol. The zero-order valence-corrected chi connectivity index (χ0v) is 13.6. The number of hydrogen-bond acceptors (Lipinski definition) is 0. The van der Waals surface area contributed by atoms with Crippen molar-refractivity contribution in [2.45, 2.75) is 34.1 Å². The van der Waals surface area contributed by atoms with E-state index in [-0.39, 0.29) is 0 Å². The van der Waals surface area contributed by atoms with Crippen LogP contribution in [0.1, 0.15) is 34.1 Å². The van der Waals surface area contributed by atoms with Crippen molar-refractivity contribution in [1.82, 2.24) is 0 Å². The number of allylic oxidation sites excluding steroid dienone is 2. The minimum absolute atomic E-state index is 0.334. The predicted octanol–water partition coefficient (Wildman–Crippen LogP) is 3.56. The Morgan fingerprint density at radius 3 is 2.10 bits per heavy atom. The normalized spacial score (nSPS) is 13.1. The van der Waals surface area contributed by atoms with Gasteiger partial charge in [0, 0.05) is 0 Å². The van der Waals surface area contributed by atoms with Crippen LogP contribution >= 0.6 is 8.25 Å². The van der Waals surface area contributed by atoms with Crippen molar-refractivity contribution in [3.63, 3.8) is 0 Å². The van der Waals surface area contributed by atoms with Gasteiger partial charge in [-0.3, -0.25) is 0 Å². The molecule has 0 aromatic heterocycles. The second-order valence-electron chi connectivity index (χ2n) is 3.66. The van der Waals surface area contributed by atoms with Crippen LogP contribution < -0.4 is 0 Å². The van der Waals surface area contributed by atoms with Gasteiger partial charge in [0.2, 0.25) is 0 Å². The molecule has 0 fully saturated rings. The van der Waals surface area contributed by atoms with Gasteiger partial charge in [0.25, 0.3) is 0 Å².